The lowest BCUT2D eigenvalue weighted by Crippen LogP contribution is -2.27. The number of furan rings is 1. The quantitative estimate of drug-likeness (QED) is 0.611. The second-order valence-electron chi connectivity index (χ2n) is 6.58. The summed E-state index contributed by atoms with van der Waals surface area (Å²) in [4.78, 5) is 17.4. The Bertz CT molecular complexity index is 1110. The third-order valence-electron chi connectivity index (χ3n) is 4.65. The van der Waals surface area contributed by atoms with Crippen molar-refractivity contribution in [1.82, 2.24) is 20.1 Å². The van der Waals surface area contributed by atoms with E-state index in [1.165, 1.54) is 0 Å². The molecule has 1 atom stereocenters. The monoisotopic (exact) mass is 348 g/mol. The van der Waals surface area contributed by atoms with Crippen molar-refractivity contribution >= 4 is 27.9 Å². The third-order valence-corrected chi connectivity index (χ3v) is 4.65. The molecule has 26 heavy (non-hydrogen) atoms. The first-order chi connectivity index (χ1) is 12.4. The van der Waals surface area contributed by atoms with E-state index in [0.717, 1.165) is 33.5 Å². The normalized spacial score (nSPS) is 12.6. The number of fused-ring (bicyclic) bond motifs is 2. The van der Waals surface area contributed by atoms with Gasteiger partial charge in [0.05, 0.1) is 23.0 Å². The number of para-hydroxylation sites is 1. The van der Waals surface area contributed by atoms with E-state index in [1.54, 1.807) is 4.68 Å². The molecule has 1 unspecified atom stereocenters. The van der Waals surface area contributed by atoms with Crippen LogP contribution in [0.5, 0.6) is 0 Å². The number of rotatable bonds is 3. The SMILES string of the molecule is Cc1nc2c(cc1C(=O)NC(C)c1cc3ccccc3o1)c(C)nn2C. The summed E-state index contributed by atoms with van der Waals surface area (Å²) in [5.74, 6) is 0.553. The predicted octanol–water partition coefficient (Wildman–Crippen LogP) is 3.82. The number of pyridine rings is 1. The minimum atomic E-state index is -0.250. The number of nitrogens with one attached hydrogen (secondary N) is 1. The van der Waals surface area contributed by atoms with Crippen LogP contribution in [-0.2, 0) is 7.05 Å². The Morgan fingerprint density at radius 1 is 1.19 bits per heavy atom. The van der Waals surface area contributed by atoms with Gasteiger partial charge in [0.1, 0.15) is 11.3 Å². The predicted molar refractivity (Wildman–Crippen MR) is 100 cm³/mol. The maximum atomic E-state index is 12.8. The van der Waals surface area contributed by atoms with E-state index in [1.807, 2.05) is 64.2 Å². The lowest BCUT2D eigenvalue weighted by atomic mass is 10.1. The standard InChI is InChI=1S/C20H20N4O2/c1-11-16(10-15-12(2)23-24(4)19(15)21-11)20(25)22-13(3)18-9-14-7-5-6-8-17(14)26-18/h5-10,13H,1-4H3,(H,22,25). The molecule has 3 aromatic heterocycles. The van der Waals surface area contributed by atoms with E-state index >= 15 is 0 Å². The van der Waals surface area contributed by atoms with Gasteiger partial charge in [-0.3, -0.25) is 9.48 Å². The topological polar surface area (TPSA) is 73.0 Å². The summed E-state index contributed by atoms with van der Waals surface area (Å²) in [6.45, 7) is 5.66. The van der Waals surface area contributed by atoms with Crippen molar-refractivity contribution in [2.75, 3.05) is 0 Å². The van der Waals surface area contributed by atoms with Crippen LogP contribution in [0.1, 0.15) is 40.5 Å². The van der Waals surface area contributed by atoms with Crippen molar-refractivity contribution in [1.29, 1.82) is 0 Å². The lowest BCUT2D eigenvalue weighted by Gasteiger charge is -2.12. The summed E-state index contributed by atoms with van der Waals surface area (Å²) in [6, 6.07) is 11.4. The zero-order valence-electron chi connectivity index (χ0n) is 15.2. The molecule has 1 N–H and O–H groups in total. The first-order valence-electron chi connectivity index (χ1n) is 8.54. The maximum absolute atomic E-state index is 12.8. The minimum absolute atomic E-state index is 0.173. The molecular formula is C20H20N4O2. The van der Waals surface area contributed by atoms with Crippen LogP contribution in [-0.4, -0.2) is 20.7 Å². The van der Waals surface area contributed by atoms with Crippen molar-refractivity contribution in [2.24, 2.45) is 7.05 Å². The highest BCUT2D eigenvalue weighted by Gasteiger charge is 2.19. The van der Waals surface area contributed by atoms with E-state index in [4.69, 9.17) is 4.42 Å². The number of carbonyl (C=O) groups is 1. The fraction of sp³-hybridized carbons (Fsp3) is 0.250. The van der Waals surface area contributed by atoms with Crippen LogP contribution in [0.25, 0.3) is 22.0 Å². The Morgan fingerprint density at radius 2 is 1.96 bits per heavy atom. The average Bonchev–Trinajstić information content (AvgIpc) is 3.15. The molecule has 3 heterocycles. The zero-order chi connectivity index (χ0) is 18.4. The highest BCUT2D eigenvalue weighted by Crippen LogP contribution is 2.24. The summed E-state index contributed by atoms with van der Waals surface area (Å²) in [6.07, 6.45) is 0. The zero-order valence-corrected chi connectivity index (χ0v) is 15.2. The molecule has 0 saturated heterocycles. The van der Waals surface area contributed by atoms with Gasteiger partial charge in [0, 0.05) is 17.8 Å². The third kappa shape index (κ3) is 2.63. The van der Waals surface area contributed by atoms with Crippen molar-refractivity contribution in [3.05, 3.63) is 59.1 Å². The largest absolute Gasteiger partial charge is 0.459 e. The van der Waals surface area contributed by atoms with Crippen molar-refractivity contribution < 1.29 is 9.21 Å². The fourth-order valence-electron chi connectivity index (χ4n) is 3.22. The van der Waals surface area contributed by atoms with Gasteiger partial charge in [-0.15, -0.1) is 0 Å². The number of hydrogen-bond donors (Lipinski definition) is 1. The second kappa shape index (κ2) is 5.98. The van der Waals surface area contributed by atoms with E-state index in [2.05, 4.69) is 15.4 Å². The highest BCUT2D eigenvalue weighted by molar-refractivity contribution is 5.98. The van der Waals surface area contributed by atoms with Crippen LogP contribution in [0.2, 0.25) is 0 Å². The molecule has 0 aliphatic rings. The number of amides is 1. The van der Waals surface area contributed by atoms with E-state index in [9.17, 15) is 4.79 Å². The smallest absolute Gasteiger partial charge is 0.253 e. The molecule has 6 heteroatoms. The molecule has 1 aromatic carbocycles. The van der Waals surface area contributed by atoms with Crippen molar-refractivity contribution in [3.63, 3.8) is 0 Å². The Kier molecular flexibility index (Phi) is 3.76. The average molecular weight is 348 g/mol. The van der Waals surface area contributed by atoms with Gasteiger partial charge in [0.25, 0.3) is 5.91 Å². The van der Waals surface area contributed by atoms with Gasteiger partial charge in [0.15, 0.2) is 5.65 Å². The van der Waals surface area contributed by atoms with Crippen LogP contribution >= 0.6 is 0 Å². The van der Waals surface area contributed by atoms with Crippen molar-refractivity contribution in [3.8, 4) is 0 Å². The van der Waals surface area contributed by atoms with Gasteiger partial charge < -0.3 is 9.73 Å². The first kappa shape index (κ1) is 16.3. The van der Waals surface area contributed by atoms with Gasteiger partial charge in [-0.1, -0.05) is 18.2 Å². The maximum Gasteiger partial charge on any atom is 0.253 e. The number of benzene rings is 1. The molecule has 0 spiro atoms. The van der Waals surface area contributed by atoms with E-state index < -0.39 is 0 Å². The molecule has 4 aromatic rings. The Labute approximate surface area is 150 Å². The number of hydrogen-bond acceptors (Lipinski definition) is 4. The molecule has 0 aliphatic carbocycles. The molecule has 0 radical (unpaired) electrons. The van der Waals surface area contributed by atoms with Crippen molar-refractivity contribution in [2.45, 2.75) is 26.8 Å². The minimum Gasteiger partial charge on any atom is -0.459 e. The molecule has 4 rings (SSSR count). The van der Waals surface area contributed by atoms with Crippen LogP contribution in [0.3, 0.4) is 0 Å². The molecular weight excluding hydrogens is 328 g/mol. The molecule has 132 valence electrons. The summed E-state index contributed by atoms with van der Waals surface area (Å²) in [5.41, 5.74) is 3.68. The molecule has 0 aliphatic heterocycles. The highest BCUT2D eigenvalue weighted by atomic mass is 16.3. The molecule has 0 bridgehead atoms. The number of carbonyl (C=O) groups excluding carboxylic acids is 1. The van der Waals surface area contributed by atoms with Gasteiger partial charge in [0.2, 0.25) is 0 Å². The van der Waals surface area contributed by atoms with Gasteiger partial charge in [-0.2, -0.15) is 5.10 Å². The van der Waals surface area contributed by atoms with Crippen LogP contribution in [0.4, 0.5) is 0 Å². The van der Waals surface area contributed by atoms with Crippen LogP contribution in [0.15, 0.2) is 40.8 Å². The summed E-state index contributed by atoms with van der Waals surface area (Å²) in [5, 5.41) is 9.29. The van der Waals surface area contributed by atoms with E-state index in [-0.39, 0.29) is 11.9 Å². The first-order valence-corrected chi connectivity index (χ1v) is 8.54. The molecule has 1 amide bonds. The molecule has 0 saturated carbocycles. The summed E-state index contributed by atoms with van der Waals surface area (Å²) < 4.78 is 7.58. The Balaban J connectivity index is 1.64. The van der Waals surface area contributed by atoms with Gasteiger partial charge in [-0.25, -0.2) is 4.98 Å². The second-order valence-corrected chi connectivity index (χ2v) is 6.58. The van der Waals surface area contributed by atoms with Crippen LogP contribution < -0.4 is 5.32 Å². The summed E-state index contributed by atoms with van der Waals surface area (Å²) >= 11 is 0. The Morgan fingerprint density at radius 3 is 2.73 bits per heavy atom. The van der Waals surface area contributed by atoms with Crippen LogP contribution in [0, 0.1) is 13.8 Å². The number of aromatic nitrogens is 3. The number of aryl methyl sites for hydroxylation is 3. The Hall–Kier alpha value is -3.15. The fourth-order valence-corrected chi connectivity index (χ4v) is 3.22. The van der Waals surface area contributed by atoms with E-state index in [0.29, 0.717) is 11.3 Å². The van der Waals surface area contributed by atoms with Gasteiger partial charge >= 0.3 is 0 Å². The summed E-state index contributed by atoms with van der Waals surface area (Å²) in [7, 11) is 1.85. The number of nitrogens with zero attached hydrogens (tertiary/aromatic N) is 3. The van der Waals surface area contributed by atoms with Gasteiger partial charge in [-0.05, 0) is 39.0 Å². The molecule has 0 fully saturated rings. The molecule has 6 nitrogen and oxygen atoms in total. The lowest BCUT2D eigenvalue weighted by molar-refractivity contribution is 0.0935.